The Morgan fingerprint density at radius 1 is 0.848 bits per heavy atom. The molecule has 6 aliphatic rings. The molecule has 4 nitrogen and oxygen atoms in total. The minimum absolute atomic E-state index is 0.180. The lowest BCUT2D eigenvalue weighted by Gasteiger charge is -2.38. The van der Waals surface area contributed by atoms with Crippen molar-refractivity contribution in [2.45, 2.75) is 42.7 Å². The molecule has 2 aromatic heterocycles. The second-order valence-electron chi connectivity index (χ2n) is 13.6. The smallest absolute Gasteiger partial charge is 0.131 e. The maximum absolute atomic E-state index is 6.89. The van der Waals surface area contributed by atoms with Gasteiger partial charge in [0.1, 0.15) is 11.9 Å². The molecule has 7 unspecified atom stereocenters. The fourth-order valence-corrected chi connectivity index (χ4v) is 11.1. The van der Waals surface area contributed by atoms with Crippen LogP contribution in [0.25, 0.3) is 38.6 Å². The van der Waals surface area contributed by atoms with Crippen LogP contribution in [0.5, 0.6) is 0 Å². The number of fused-ring (bicyclic) bond motifs is 12. The Hall–Kier alpha value is -4.48. The second-order valence-corrected chi connectivity index (χ2v) is 14.9. The summed E-state index contributed by atoms with van der Waals surface area (Å²) in [7, 11) is 0. The number of thioether (sulfide) groups is 1. The maximum Gasteiger partial charge on any atom is 0.131 e. The van der Waals surface area contributed by atoms with E-state index >= 15 is 0 Å². The van der Waals surface area contributed by atoms with Crippen molar-refractivity contribution in [3.8, 4) is 11.1 Å². The summed E-state index contributed by atoms with van der Waals surface area (Å²) in [5.41, 5.74) is 9.70. The monoisotopic (exact) mass is 615 g/mol. The van der Waals surface area contributed by atoms with Gasteiger partial charge in [-0.1, -0.05) is 85.0 Å². The van der Waals surface area contributed by atoms with Crippen molar-refractivity contribution >= 4 is 44.9 Å². The number of aromatic nitrogens is 2. The zero-order valence-corrected chi connectivity index (χ0v) is 26.2. The minimum Gasteiger partial charge on any atom is -0.491 e. The van der Waals surface area contributed by atoms with Crippen LogP contribution in [0.15, 0.2) is 138 Å². The summed E-state index contributed by atoms with van der Waals surface area (Å²) in [5, 5.41) is 1.83. The molecule has 11 rings (SSSR count). The lowest BCUT2D eigenvalue weighted by atomic mass is 9.75. The fraction of sp³-hybridized carbons (Fsp3) is 0.244. The molecular weight excluding hydrogens is 583 g/mol. The molecule has 0 saturated carbocycles. The fourth-order valence-electron chi connectivity index (χ4n) is 9.54. The van der Waals surface area contributed by atoms with E-state index in [1.165, 1.54) is 45.5 Å². The maximum atomic E-state index is 6.89. The predicted molar refractivity (Wildman–Crippen MR) is 189 cm³/mol. The number of rotatable bonds is 2. The Morgan fingerprint density at radius 2 is 1.70 bits per heavy atom. The van der Waals surface area contributed by atoms with Crippen LogP contribution in [0.4, 0.5) is 5.69 Å². The molecule has 2 saturated heterocycles. The van der Waals surface area contributed by atoms with Gasteiger partial charge in [-0.05, 0) is 59.6 Å². The Balaban J connectivity index is 1.04. The van der Waals surface area contributed by atoms with E-state index in [9.17, 15) is 0 Å². The third kappa shape index (κ3) is 3.44. The van der Waals surface area contributed by atoms with Gasteiger partial charge in [0, 0.05) is 51.8 Å². The zero-order chi connectivity index (χ0) is 29.9. The highest BCUT2D eigenvalue weighted by Crippen LogP contribution is 2.58. The van der Waals surface area contributed by atoms with Crippen LogP contribution in [-0.2, 0) is 4.74 Å². The average molecular weight is 616 g/mol. The number of hydrogen-bond acceptors (Lipinski definition) is 4. The lowest BCUT2D eigenvalue weighted by molar-refractivity contribution is 0.105. The van der Waals surface area contributed by atoms with Crippen molar-refractivity contribution in [1.29, 1.82) is 0 Å². The first-order valence-electron chi connectivity index (χ1n) is 16.8. The van der Waals surface area contributed by atoms with E-state index in [0.29, 0.717) is 29.0 Å². The summed E-state index contributed by atoms with van der Waals surface area (Å²) in [6.45, 7) is 0. The minimum atomic E-state index is 0.180. The summed E-state index contributed by atoms with van der Waals surface area (Å²) < 4.78 is 9.27. The van der Waals surface area contributed by atoms with Crippen LogP contribution >= 0.6 is 11.8 Å². The molecule has 0 spiro atoms. The largest absolute Gasteiger partial charge is 0.491 e. The molecule has 0 bridgehead atoms. The number of para-hydroxylation sites is 3. The van der Waals surface area contributed by atoms with Gasteiger partial charge in [-0.15, -0.1) is 11.8 Å². The Kier molecular flexibility index (Phi) is 5.32. The molecule has 224 valence electrons. The van der Waals surface area contributed by atoms with Crippen molar-refractivity contribution in [3.63, 3.8) is 0 Å². The molecule has 3 aliphatic heterocycles. The zero-order valence-electron chi connectivity index (χ0n) is 25.4. The van der Waals surface area contributed by atoms with Crippen molar-refractivity contribution < 1.29 is 4.74 Å². The van der Waals surface area contributed by atoms with E-state index in [1.807, 2.05) is 6.20 Å². The Bertz CT molecular complexity index is 2250. The first-order chi connectivity index (χ1) is 22.8. The highest BCUT2D eigenvalue weighted by atomic mass is 32.2. The molecule has 3 aromatic carbocycles. The van der Waals surface area contributed by atoms with E-state index in [4.69, 9.17) is 9.72 Å². The molecule has 46 heavy (non-hydrogen) atoms. The van der Waals surface area contributed by atoms with Crippen LogP contribution in [-0.4, -0.2) is 32.8 Å². The molecule has 0 N–H and O–H groups in total. The average Bonchev–Trinajstić information content (AvgIpc) is 3.84. The molecule has 0 radical (unpaired) electrons. The number of hydrogen-bond donors (Lipinski definition) is 0. The van der Waals surface area contributed by atoms with Crippen LogP contribution in [0.3, 0.4) is 0 Å². The Labute approximate surface area is 272 Å². The van der Waals surface area contributed by atoms with Gasteiger partial charge in [0.25, 0.3) is 0 Å². The normalized spacial score (nSPS) is 30.4. The third-order valence-electron chi connectivity index (χ3n) is 11.4. The molecule has 0 amide bonds. The number of nitrogens with zero attached hydrogens (tertiary/aromatic N) is 3. The van der Waals surface area contributed by atoms with Gasteiger partial charge in [0.05, 0.1) is 34.3 Å². The molecule has 2 fully saturated rings. The summed E-state index contributed by atoms with van der Waals surface area (Å²) >= 11 is 2.10. The molecule has 5 aromatic rings. The number of benzene rings is 3. The van der Waals surface area contributed by atoms with Gasteiger partial charge in [0.2, 0.25) is 0 Å². The van der Waals surface area contributed by atoms with Gasteiger partial charge < -0.3 is 14.0 Å². The van der Waals surface area contributed by atoms with Gasteiger partial charge in [-0.25, -0.2) is 0 Å². The van der Waals surface area contributed by atoms with Crippen molar-refractivity contribution in [2.24, 2.45) is 17.8 Å². The van der Waals surface area contributed by atoms with Crippen LogP contribution < -0.4 is 4.90 Å². The number of anilines is 1. The quantitative estimate of drug-likeness (QED) is 0.198. The van der Waals surface area contributed by atoms with Crippen LogP contribution in [0.1, 0.15) is 19.3 Å². The van der Waals surface area contributed by atoms with Gasteiger partial charge in [-0.3, -0.25) is 4.98 Å². The molecule has 7 atom stereocenters. The second kappa shape index (κ2) is 9.52. The highest BCUT2D eigenvalue weighted by Gasteiger charge is 2.58. The topological polar surface area (TPSA) is 29.8 Å². The standard InChI is InChI=1S/C41H33N3OS/c1-5-13-32-27(10-1)39(35-23-42-31-12-4-6-14-33(31)44(32)35)24-17-19-25(20-18-24)43-34-21-29-26-9-3-8-16-37(26)46-38(29)22-30(34)41-40(43)28-11-2-7-15-36(28)45-41/h1-6,8-14,16-20,22-23,26,29-30,34,37,40-41H,7,15,21H2. The highest BCUT2D eigenvalue weighted by molar-refractivity contribution is 8.04. The van der Waals surface area contributed by atoms with Crippen LogP contribution in [0, 0.1) is 17.8 Å². The van der Waals surface area contributed by atoms with Gasteiger partial charge in [0.15, 0.2) is 0 Å². The number of ether oxygens (including phenoxy) is 1. The molecule has 5 heteroatoms. The van der Waals surface area contributed by atoms with E-state index in [2.05, 4.69) is 136 Å². The van der Waals surface area contributed by atoms with Gasteiger partial charge in [-0.2, -0.15) is 0 Å². The first kappa shape index (κ1) is 25.7. The summed E-state index contributed by atoms with van der Waals surface area (Å²) in [6, 6.07) is 27.3. The first-order valence-corrected chi connectivity index (χ1v) is 17.6. The lowest BCUT2D eigenvalue weighted by Crippen LogP contribution is -2.41. The SMILES string of the molecule is C1=CC2SC3=CC4C5OC6=C(C=CCC6)C5N(c5ccc(-c6c7ccccc7n7c6cnc6ccccc67)cc5)C4CC3C2C=C1. The van der Waals surface area contributed by atoms with E-state index in [0.717, 1.165) is 29.4 Å². The summed E-state index contributed by atoms with van der Waals surface area (Å²) in [4.78, 5) is 9.23. The predicted octanol–water partition coefficient (Wildman–Crippen LogP) is 9.25. The van der Waals surface area contributed by atoms with E-state index in [-0.39, 0.29) is 12.1 Å². The van der Waals surface area contributed by atoms with Crippen LogP contribution in [0.2, 0.25) is 0 Å². The molecule has 5 heterocycles. The summed E-state index contributed by atoms with van der Waals surface area (Å²) in [6.07, 6.45) is 22.2. The Morgan fingerprint density at radius 3 is 2.63 bits per heavy atom. The van der Waals surface area contributed by atoms with E-state index < -0.39 is 0 Å². The van der Waals surface area contributed by atoms with Crippen molar-refractivity contribution in [2.75, 3.05) is 4.90 Å². The van der Waals surface area contributed by atoms with Gasteiger partial charge >= 0.3 is 0 Å². The number of allylic oxidation sites excluding steroid dienone is 6. The molecule has 3 aliphatic carbocycles. The molecular formula is C41H33N3OS. The third-order valence-corrected chi connectivity index (χ3v) is 12.9. The van der Waals surface area contributed by atoms with Crippen molar-refractivity contribution in [1.82, 2.24) is 9.38 Å². The van der Waals surface area contributed by atoms with E-state index in [1.54, 1.807) is 4.91 Å². The van der Waals surface area contributed by atoms with Crippen molar-refractivity contribution in [3.05, 3.63) is 138 Å². The summed E-state index contributed by atoms with van der Waals surface area (Å²) in [5.74, 6) is 2.81.